The highest BCUT2D eigenvalue weighted by Crippen LogP contribution is 2.30. The molecule has 7 nitrogen and oxygen atoms in total. The van der Waals surface area contributed by atoms with E-state index in [-0.39, 0.29) is 12.1 Å². The summed E-state index contributed by atoms with van der Waals surface area (Å²) in [6, 6.07) is 5.32. The molecule has 3 rings (SSSR count). The summed E-state index contributed by atoms with van der Waals surface area (Å²) in [5.74, 6) is 0. The van der Waals surface area contributed by atoms with E-state index in [1.54, 1.807) is 22.3 Å². The van der Waals surface area contributed by atoms with Gasteiger partial charge >= 0.3 is 12.1 Å². The molecule has 2 N–H and O–H groups in total. The number of amides is 3. The fraction of sp³-hybridized carbons (Fsp3) is 0.389. The summed E-state index contributed by atoms with van der Waals surface area (Å²) in [6.45, 7) is 3.16. The van der Waals surface area contributed by atoms with Crippen molar-refractivity contribution in [1.82, 2.24) is 10.3 Å². The first-order valence-corrected chi connectivity index (χ1v) is 9.38. The second-order valence-corrected chi connectivity index (χ2v) is 7.00. The number of thiazole rings is 1. The van der Waals surface area contributed by atoms with E-state index in [1.165, 1.54) is 12.0 Å². The number of rotatable bonds is 4. The largest absolute Gasteiger partial charge is 0.452 e. The quantitative estimate of drug-likeness (QED) is 0.860. The molecule has 1 aromatic heterocycles. The fourth-order valence-corrected chi connectivity index (χ4v) is 3.79. The van der Waals surface area contributed by atoms with Crippen LogP contribution in [0.1, 0.15) is 22.6 Å². The number of aromatic nitrogens is 1. The van der Waals surface area contributed by atoms with Crippen molar-refractivity contribution in [3.8, 4) is 0 Å². The van der Waals surface area contributed by atoms with Gasteiger partial charge in [-0.2, -0.15) is 0 Å². The molecule has 1 aromatic carbocycles. The molecule has 0 unspecified atom stereocenters. The Morgan fingerprint density at radius 3 is 2.96 bits per heavy atom. The van der Waals surface area contributed by atoms with Crippen molar-refractivity contribution in [2.45, 2.75) is 26.2 Å². The van der Waals surface area contributed by atoms with Crippen LogP contribution in [0.15, 0.2) is 23.7 Å². The number of hydrogen-bond acceptors (Lipinski definition) is 5. The predicted molar refractivity (Wildman–Crippen MR) is 102 cm³/mol. The lowest BCUT2D eigenvalue weighted by molar-refractivity contribution is 0.178. The molecule has 3 amide bonds. The smallest absolute Gasteiger partial charge is 0.414 e. The Morgan fingerprint density at radius 2 is 2.23 bits per heavy atom. The first kappa shape index (κ1) is 18.2. The Labute approximate surface area is 156 Å². The van der Waals surface area contributed by atoms with Gasteiger partial charge in [-0.1, -0.05) is 0 Å². The molecular weight excluding hydrogens is 352 g/mol. The number of urea groups is 1. The lowest BCUT2D eigenvalue weighted by Crippen LogP contribution is -2.35. The summed E-state index contributed by atoms with van der Waals surface area (Å²) in [4.78, 5) is 31.0. The van der Waals surface area contributed by atoms with Gasteiger partial charge in [0.2, 0.25) is 0 Å². The van der Waals surface area contributed by atoms with Crippen LogP contribution in [0.4, 0.5) is 21.0 Å². The number of nitrogens with one attached hydrogen (secondary N) is 2. The lowest BCUT2D eigenvalue weighted by Gasteiger charge is -2.28. The van der Waals surface area contributed by atoms with E-state index in [4.69, 9.17) is 4.74 Å². The third kappa shape index (κ3) is 4.13. The van der Waals surface area contributed by atoms with Gasteiger partial charge in [0, 0.05) is 30.1 Å². The van der Waals surface area contributed by atoms with Crippen molar-refractivity contribution in [2.24, 2.45) is 0 Å². The zero-order valence-electron chi connectivity index (χ0n) is 14.9. The molecule has 0 aliphatic carbocycles. The number of nitrogens with zero attached hydrogens (tertiary/aromatic N) is 2. The van der Waals surface area contributed by atoms with Gasteiger partial charge in [0.25, 0.3) is 0 Å². The number of aryl methyl sites for hydroxylation is 2. The zero-order chi connectivity index (χ0) is 18.5. The summed E-state index contributed by atoms with van der Waals surface area (Å²) in [5.41, 5.74) is 5.41. The van der Waals surface area contributed by atoms with Crippen molar-refractivity contribution >= 4 is 34.8 Å². The Balaban J connectivity index is 1.57. The standard InChI is InChI=1S/C18H22N4O3S/c1-12-16(26-11-20-12)7-8-19-17(23)21-14-5-6-15-13(10-14)4-3-9-22(15)18(24)25-2/h5-6,10-11H,3-4,7-9H2,1-2H3,(H2,19,21,23). The highest BCUT2D eigenvalue weighted by atomic mass is 32.1. The Kier molecular flexibility index (Phi) is 5.72. The molecule has 1 aliphatic heterocycles. The van der Waals surface area contributed by atoms with Crippen molar-refractivity contribution in [1.29, 1.82) is 0 Å². The third-order valence-electron chi connectivity index (χ3n) is 4.33. The second-order valence-electron chi connectivity index (χ2n) is 6.06. The molecule has 0 atom stereocenters. The van der Waals surface area contributed by atoms with Gasteiger partial charge < -0.3 is 15.4 Å². The number of hydrogen-bond donors (Lipinski definition) is 2. The topological polar surface area (TPSA) is 83.6 Å². The SMILES string of the molecule is COC(=O)N1CCCc2cc(NC(=O)NCCc3scnc3C)ccc21. The monoisotopic (exact) mass is 374 g/mol. The Morgan fingerprint density at radius 1 is 1.38 bits per heavy atom. The number of ether oxygens (including phenoxy) is 1. The van der Waals surface area contributed by atoms with Crippen LogP contribution >= 0.6 is 11.3 Å². The number of benzene rings is 1. The Bertz CT molecular complexity index is 805. The van der Waals surface area contributed by atoms with Crippen LogP contribution in [0, 0.1) is 6.92 Å². The zero-order valence-corrected chi connectivity index (χ0v) is 15.7. The molecule has 26 heavy (non-hydrogen) atoms. The van der Waals surface area contributed by atoms with Crippen LogP contribution in [0.5, 0.6) is 0 Å². The number of carbonyl (C=O) groups excluding carboxylic acids is 2. The highest BCUT2D eigenvalue weighted by molar-refractivity contribution is 7.09. The van der Waals surface area contributed by atoms with Crippen LogP contribution in [-0.4, -0.2) is 37.3 Å². The third-order valence-corrected chi connectivity index (χ3v) is 5.33. The Hall–Kier alpha value is -2.61. The first-order chi connectivity index (χ1) is 12.6. The number of anilines is 2. The van der Waals surface area contributed by atoms with Crippen LogP contribution in [0.25, 0.3) is 0 Å². The molecule has 0 radical (unpaired) electrons. The summed E-state index contributed by atoms with van der Waals surface area (Å²) < 4.78 is 4.83. The molecule has 0 spiro atoms. The molecule has 0 bridgehead atoms. The summed E-state index contributed by atoms with van der Waals surface area (Å²) in [7, 11) is 1.38. The van der Waals surface area contributed by atoms with Gasteiger partial charge in [0.1, 0.15) is 0 Å². The molecule has 2 aromatic rings. The maximum absolute atomic E-state index is 12.1. The van der Waals surface area contributed by atoms with Crippen LogP contribution in [0.3, 0.4) is 0 Å². The van der Waals surface area contributed by atoms with Crippen molar-refractivity contribution in [2.75, 3.05) is 30.4 Å². The second kappa shape index (κ2) is 8.18. The normalized spacial score (nSPS) is 13.1. The fourth-order valence-electron chi connectivity index (χ4n) is 3.01. The van der Waals surface area contributed by atoms with Gasteiger partial charge in [-0.15, -0.1) is 11.3 Å². The van der Waals surface area contributed by atoms with Gasteiger partial charge in [0.15, 0.2) is 0 Å². The van der Waals surface area contributed by atoms with Crippen LogP contribution in [-0.2, 0) is 17.6 Å². The highest BCUT2D eigenvalue weighted by Gasteiger charge is 2.23. The molecule has 1 aliphatic rings. The van der Waals surface area contributed by atoms with Crippen molar-refractivity contribution < 1.29 is 14.3 Å². The number of carbonyl (C=O) groups is 2. The van der Waals surface area contributed by atoms with E-state index >= 15 is 0 Å². The molecule has 8 heteroatoms. The van der Waals surface area contributed by atoms with E-state index in [0.717, 1.165) is 36.2 Å². The minimum Gasteiger partial charge on any atom is -0.452 e. The number of methoxy groups -OCH3 is 1. The summed E-state index contributed by atoms with van der Waals surface area (Å²) >= 11 is 1.60. The molecule has 0 fully saturated rings. The van der Waals surface area contributed by atoms with Gasteiger partial charge in [-0.05, 0) is 43.5 Å². The average molecular weight is 374 g/mol. The lowest BCUT2D eigenvalue weighted by atomic mass is 10.0. The maximum atomic E-state index is 12.1. The van der Waals surface area contributed by atoms with E-state index in [1.807, 2.05) is 24.6 Å². The van der Waals surface area contributed by atoms with E-state index < -0.39 is 0 Å². The average Bonchev–Trinajstić information content (AvgIpc) is 3.05. The first-order valence-electron chi connectivity index (χ1n) is 8.50. The minimum absolute atomic E-state index is 0.243. The van der Waals surface area contributed by atoms with Crippen LogP contribution in [0.2, 0.25) is 0 Å². The molecule has 138 valence electrons. The molecule has 0 saturated heterocycles. The van der Waals surface area contributed by atoms with Gasteiger partial charge in [0.05, 0.1) is 24.0 Å². The number of fused-ring (bicyclic) bond motifs is 1. The molecule has 0 saturated carbocycles. The van der Waals surface area contributed by atoms with Gasteiger partial charge in [-0.25, -0.2) is 14.6 Å². The van der Waals surface area contributed by atoms with E-state index in [9.17, 15) is 9.59 Å². The van der Waals surface area contributed by atoms with Gasteiger partial charge in [-0.3, -0.25) is 4.90 Å². The summed E-state index contributed by atoms with van der Waals surface area (Å²) in [6.07, 6.45) is 2.14. The van der Waals surface area contributed by atoms with Crippen molar-refractivity contribution in [3.05, 3.63) is 39.8 Å². The van der Waals surface area contributed by atoms with Crippen molar-refractivity contribution in [3.63, 3.8) is 0 Å². The van der Waals surface area contributed by atoms with E-state index in [0.29, 0.717) is 18.8 Å². The molecular formula is C18H22N4O3S. The molecule has 2 heterocycles. The van der Waals surface area contributed by atoms with E-state index in [2.05, 4.69) is 15.6 Å². The minimum atomic E-state index is -0.359. The predicted octanol–water partition coefficient (Wildman–Crippen LogP) is 3.33. The summed E-state index contributed by atoms with van der Waals surface area (Å²) in [5, 5.41) is 5.70. The van der Waals surface area contributed by atoms with Crippen LogP contribution < -0.4 is 15.5 Å². The maximum Gasteiger partial charge on any atom is 0.414 e.